The third-order valence-corrected chi connectivity index (χ3v) is 4.04. The third kappa shape index (κ3) is 3.85. The molecule has 0 aromatic heterocycles. The van der Waals surface area contributed by atoms with Crippen LogP contribution in [0.25, 0.3) is 0 Å². The first-order valence-corrected chi connectivity index (χ1v) is 7.54. The maximum Gasteiger partial charge on any atom is 0.165 e. The highest BCUT2D eigenvalue weighted by molar-refractivity contribution is 9.10. The minimum atomic E-state index is 0.129. The van der Waals surface area contributed by atoms with Crippen LogP contribution in [0.15, 0.2) is 53.0 Å². The molecule has 0 N–H and O–H groups in total. The van der Waals surface area contributed by atoms with E-state index in [1.54, 1.807) is 7.11 Å². The minimum Gasteiger partial charge on any atom is -0.495 e. The molecule has 2 aromatic rings. The van der Waals surface area contributed by atoms with Gasteiger partial charge in [0.05, 0.1) is 12.8 Å². The summed E-state index contributed by atoms with van der Waals surface area (Å²) in [6, 6.07) is 15.3. The number of ketones is 1. The highest BCUT2D eigenvalue weighted by Gasteiger charge is 2.12. The van der Waals surface area contributed by atoms with E-state index in [-0.39, 0.29) is 5.78 Å². The second kappa shape index (κ2) is 7.27. The lowest BCUT2D eigenvalue weighted by atomic mass is 10.1. The summed E-state index contributed by atoms with van der Waals surface area (Å²) in [5, 5.41) is 0. The number of carbonyl (C=O) groups excluding carboxylic acids is 1. The van der Waals surface area contributed by atoms with Crippen LogP contribution in [-0.2, 0) is 0 Å². The summed E-state index contributed by atoms with van der Waals surface area (Å²) in [5.41, 5.74) is 1.71. The molecule has 110 valence electrons. The molecule has 0 aliphatic heterocycles. The number of hydrogen-bond donors (Lipinski definition) is 0. The van der Waals surface area contributed by atoms with Crippen molar-refractivity contribution in [1.82, 2.24) is 0 Å². The van der Waals surface area contributed by atoms with Gasteiger partial charge in [0.15, 0.2) is 5.78 Å². The molecule has 0 aliphatic rings. The molecule has 21 heavy (non-hydrogen) atoms. The first-order valence-electron chi connectivity index (χ1n) is 6.75. The van der Waals surface area contributed by atoms with E-state index in [1.807, 2.05) is 60.5 Å². The van der Waals surface area contributed by atoms with Crippen molar-refractivity contribution in [3.05, 3.63) is 58.6 Å². The van der Waals surface area contributed by atoms with Gasteiger partial charge >= 0.3 is 0 Å². The van der Waals surface area contributed by atoms with Gasteiger partial charge in [-0.2, -0.15) is 0 Å². The van der Waals surface area contributed by atoms with Crippen LogP contribution in [0.4, 0.5) is 5.69 Å². The SMILES string of the molecule is COc1ccccc1N(C)CCC(=O)c1ccccc1Br. The van der Waals surface area contributed by atoms with E-state index in [1.165, 1.54) is 0 Å². The molecule has 2 aromatic carbocycles. The lowest BCUT2D eigenvalue weighted by Crippen LogP contribution is -2.21. The smallest absolute Gasteiger partial charge is 0.165 e. The van der Waals surface area contributed by atoms with Crippen molar-refractivity contribution in [2.24, 2.45) is 0 Å². The molecule has 2 rings (SSSR count). The summed E-state index contributed by atoms with van der Waals surface area (Å²) in [6.07, 6.45) is 0.456. The van der Waals surface area contributed by atoms with E-state index in [2.05, 4.69) is 15.9 Å². The number of anilines is 1. The van der Waals surface area contributed by atoms with E-state index in [0.717, 1.165) is 21.5 Å². The van der Waals surface area contributed by atoms with Gasteiger partial charge in [0, 0.05) is 30.0 Å². The average molecular weight is 348 g/mol. The van der Waals surface area contributed by atoms with E-state index < -0.39 is 0 Å². The Kier molecular flexibility index (Phi) is 5.39. The Morgan fingerprint density at radius 1 is 1.14 bits per heavy atom. The molecule has 0 unspecified atom stereocenters. The Balaban J connectivity index is 2.03. The summed E-state index contributed by atoms with van der Waals surface area (Å²) in [7, 11) is 3.62. The van der Waals surface area contributed by atoms with Crippen LogP contribution in [0.2, 0.25) is 0 Å². The summed E-state index contributed by atoms with van der Waals surface area (Å²) < 4.78 is 6.19. The summed E-state index contributed by atoms with van der Waals surface area (Å²) >= 11 is 3.42. The summed E-state index contributed by atoms with van der Waals surface area (Å²) in [6.45, 7) is 0.639. The fourth-order valence-corrected chi connectivity index (χ4v) is 2.66. The normalized spacial score (nSPS) is 10.2. The van der Waals surface area contributed by atoms with Crippen molar-refractivity contribution >= 4 is 27.4 Å². The Bertz CT molecular complexity index is 628. The molecular weight excluding hydrogens is 330 g/mol. The maximum absolute atomic E-state index is 12.3. The lowest BCUT2D eigenvalue weighted by Gasteiger charge is -2.21. The van der Waals surface area contributed by atoms with Crippen molar-refractivity contribution in [1.29, 1.82) is 0 Å². The van der Waals surface area contributed by atoms with Gasteiger partial charge in [0.1, 0.15) is 5.75 Å². The zero-order valence-corrected chi connectivity index (χ0v) is 13.8. The van der Waals surface area contributed by atoms with Crippen molar-refractivity contribution in [2.45, 2.75) is 6.42 Å². The van der Waals surface area contributed by atoms with Crippen LogP contribution in [0, 0.1) is 0 Å². The van der Waals surface area contributed by atoms with E-state index in [4.69, 9.17) is 4.74 Å². The number of hydrogen-bond acceptors (Lipinski definition) is 3. The molecule has 0 heterocycles. The number of nitrogens with zero attached hydrogens (tertiary/aromatic N) is 1. The molecule has 0 spiro atoms. The summed E-state index contributed by atoms with van der Waals surface area (Å²) in [4.78, 5) is 14.3. The fraction of sp³-hybridized carbons (Fsp3) is 0.235. The van der Waals surface area contributed by atoms with E-state index in [9.17, 15) is 4.79 Å². The molecule has 0 aliphatic carbocycles. The van der Waals surface area contributed by atoms with Gasteiger partial charge in [-0.15, -0.1) is 0 Å². The second-order valence-corrected chi connectivity index (χ2v) is 5.60. The first kappa shape index (κ1) is 15.6. The molecule has 0 fully saturated rings. The zero-order valence-electron chi connectivity index (χ0n) is 12.2. The molecule has 0 bridgehead atoms. The largest absolute Gasteiger partial charge is 0.495 e. The Morgan fingerprint density at radius 3 is 2.52 bits per heavy atom. The second-order valence-electron chi connectivity index (χ2n) is 4.75. The fourth-order valence-electron chi connectivity index (χ4n) is 2.16. The van der Waals surface area contributed by atoms with Crippen LogP contribution in [0.3, 0.4) is 0 Å². The van der Waals surface area contributed by atoms with Crippen molar-refractivity contribution in [3.8, 4) is 5.75 Å². The molecule has 0 saturated carbocycles. The molecule has 4 heteroatoms. The van der Waals surface area contributed by atoms with Crippen LogP contribution in [-0.4, -0.2) is 26.5 Å². The average Bonchev–Trinajstić information content (AvgIpc) is 2.52. The number of ether oxygens (including phenoxy) is 1. The number of para-hydroxylation sites is 2. The Labute approximate surface area is 133 Å². The molecule has 3 nitrogen and oxygen atoms in total. The number of halogens is 1. The van der Waals surface area contributed by atoms with Crippen LogP contribution in [0.1, 0.15) is 16.8 Å². The number of Topliss-reactive ketones (excluding diaryl/α,β-unsaturated/α-hetero) is 1. The highest BCUT2D eigenvalue weighted by Crippen LogP contribution is 2.27. The van der Waals surface area contributed by atoms with Crippen molar-refractivity contribution < 1.29 is 9.53 Å². The predicted molar refractivity (Wildman–Crippen MR) is 89.4 cm³/mol. The van der Waals surface area contributed by atoms with Crippen molar-refractivity contribution in [2.75, 3.05) is 25.6 Å². The van der Waals surface area contributed by atoms with E-state index in [0.29, 0.717) is 13.0 Å². The zero-order chi connectivity index (χ0) is 15.2. The number of benzene rings is 2. The van der Waals surface area contributed by atoms with Gasteiger partial charge in [0.2, 0.25) is 0 Å². The molecule has 0 amide bonds. The van der Waals surface area contributed by atoms with Gasteiger partial charge in [-0.05, 0) is 18.2 Å². The Hall–Kier alpha value is -1.81. The monoisotopic (exact) mass is 347 g/mol. The number of rotatable bonds is 6. The Morgan fingerprint density at radius 2 is 1.81 bits per heavy atom. The maximum atomic E-state index is 12.3. The molecular formula is C17H18BrNO2. The van der Waals surface area contributed by atoms with Crippen LogP contribution >= 0.6 is 15.9 Å². The quantitative estimate of drug-likeness (QED) is 0.734. The van der Waals surface area contributed by atoms with Crippen LogP contribution < -0.4 is 9.64 Å². The minimum absolute atomic E-state index is 0.129. The summed E-state index contributed by atoms with van der Waals surface area (Å²) in [5.74, 6) is 0.942. The van der Waals surface area contributed by atoms with Gasteiger partial charge in [-0.1, -0.05) is 46.3 Å². The number of methoxy groups -OCH3 is 1. The lowest BCUT2D eigenvalue weighted by molar-refractivity contribution is 0.0984. The third-order valence-electron chi connectivity index (χ3n) is 3.34. The van der Waals surface area contributed by atoms with Crippen LogP contribution in [0.5, 0.6) is 5.75 Å². The van der Waals surface area contributed by atoms with Gasteiger partial charge in [0.25, 0.3) is 0 Å². The number of carbonyl (C=O) groups is 1. The topological polar surface area (TPSA) is 29.5 Å². The molecule has 0 atom stereocenters. The highest BCUT2D eigenvalue weighted by atomic mass is 79.9. The first-order chi connectivity index (χ1) is 10.1. The van der Waals surface area contributed by atoms with E-state index >= 15 is 0 Å². The van der Waals surface area contributed by atoms with Gasteiger partial charge in [-0.25, -0.2) is 0 Å². The van der Waals surface area contributed by atoms with Gasteiger partial charge in [-0.3, -0.25) is 4.79 Å². The molecule has 0 radical (unpaired) electrons. The van der Waals surface area contributed by atoms with Crippen molar-refractivity contribution in [3.63, 3.8) is 0 Å². The predicted octanol–water partition coefficient (Wildman–Crippen LogP) is 4.17. The molecule has 0 saturated heterocycles. The van der Waals surface area contributed by atoms with Gasteiger partial charge < -0.3 is 9.64 Å². The standard InChI is InChI=1S/C17H18BrNO2/c1-19(15-9-5-6-10-17(15)21-2)12-11-16(20)13-7-3-4-8-14(13)18/h3-10H,11-12H2,1-2H3.